The first-order valence-corrected chi connectivity index (χ1v) is 8.72. The standard InChI is InChI=1S/C12H25O4P/c1-5-6-7-8-12(13)15-9-11(2)10-16-17(3,4)14/h11H,5-10H2,1-4H3/t11-/m1/s1. The Hall–Kier alpha value is -0.340. The summed E-state index contributed by atoms with van der Waals surface area (Å²) in [6, 6.07) is 0. The Kier molecular flexibility index (Phi) is 8.53. The molecule has 0 radical (unpaired) electrons. The number of carbonyl (C=O) groups excluding carboxylic acids is 1. The Bertz CT molecular complexity index is 259. The van der Waals surface area contributed by atoms with Crippen LogP contribution >= 0.6 is 7.37 Å². The zero-order chi connectivity index (χ0) is 13.3. The molecule has 0 spiro atoms. The molecular weight excluding hydrogens is 239 g/mol. The molecule has 5 heteroatoms. The van der Waals surface area contributed by atoms with Gasteiger partial charge in [-0.15, -0.1) is 0 Å². The highest BCUT2D eigenvalue weighted by molar-refractivity contribution is 7.57. The minimum atomic E-state index is -2.43. The van der Waals surface area contributed by atoms with E-state index in [1.807, 2.05) is 6.92 Å². The molecule has 0 N–H and O–H groups in total. The smallest absolute Gasteiger partial charge is 0.305 e. The SMILES string of the molecule is CCCCCC(=O)OC[C@@H](C)COP(C)(C)=O. The molecule has 0 aliphatic rings. The number of hydrogen-bond acceptors (Lipinski definition) is 4. The van der Waals surface area contributed by atoms with Crippen LogP contribution in [0.3, 0.4) is 0 Å². The van der Waals surface area contributed by atoms with Crippen molar-refractivity contribution in [1.29, 1.82) is 0 Å². The lowest BCUT2D eigenvalue weighted by Gasteiger charge is -2.14. The molecule has 0 unspecified atom stereocenters. The van der Waals surface area contributed by atoms with E-state index in [4.69, 9.17) is 9.26 Å². The number of hydrogen-bond donors (Lipinski definition) is 0. The van der Waals surface area contributed by atoms with Crippen LogP contribution in [-0.4, -0.2) is 32.5 Å². The topological polar surface area (TPSA) is 52.6 Å². The second-order valence-corrected chi connectivity index (χ2v) is 7.56. The van der Waals surface area contributed by atoms with Gasteiger partial charge in [0.05, 0.1) is 13.2 Å². The fourth-order valence-electron chi connectivity index (χ4n) is 1.18. The van der Waals surface area contributed by atoms with Crippen molar-refractivity contribution in [3.05, 3.63) is 0 Å². The largest absolute Gasteiger partial charge is 0.465 e. The summed E-state index contributed by atoms with van der Waals surface area (Å²) in [4.78, 5) is 11.3. The second-order valence-electron chi connectivity index (χ2n) is 4.79. The molecule has 17 heavy (non-hydrogen) atoms. The third kappa shape index (κ3) is 11.9. The number of unbranched alkanes of at least 4 members (excludes halogenated alkanes) is 2. The van der Waals surface area contributed by atoms with Crippen LogP contribution in [0.2, 0.25) is 0 Å². The summed E-state index contributed by atoms with van der Waals surface area (Å²) in [5, 5.41) is 0. The Balaban J connectivity index is 3.59. The van der Waals surface area contributed by atoms with Gasteiger partial charge in [0.1, 0.15) is 0 Å². The van der Waals surface area contributed by atoms with E-state index in [1.165, 1.54) is 0 Å². The summed E-state index contributed by atoms with van der Waals surface area (Å²) in [5.41, 5.74) is 0. The quantitative estimate of drug-likeness (QED) is 0.364. The molecule has 0 aromatic rings. The Morgan fingerprint density at radius 2 is 1.88 bits per heavy atom. The Morgan fingerprint density at radius 1 is 1.24 bits per heavy atom. The summed E-state index contributed by atoms with van der Waals surface area (Å²) >= 11 is 0. The minimum absolute atomic E-state index is 0.0818. The first-order valence-electron chi connectivity index (χ1n) is 6.20. The highest BCUT2D eigenvalue weighted by Gasteiger charge is 2.12. The van der Waals surface area contributed by atoms with Gasteiger partial charge >= 0.3 is 5.97 Å². The van der Waals surface area contributed by atoms with Crippen molar-refractivity contribution in [1.82, 2.24) is 0 Å². The lowest BCUT2D eigenvalue weighted by molar-refractivity contribution is -0.145. The molecular formula is C12H25O4P. The van der Waals surface area contributed by atoms with Gasteiger partial charge in [-0.1, -0.05) is 26.7 Å². The second kappa shape index (κ2) is 8.71. The molecule has 0 aromatic carbocycles. The predicted molar refractivity (Wildman–Crippen MR) is 69.7 cm³/mol. The predicted octanol–water partition coefficient (Wildman–Crippen LogP) is 3.30. The lowest BCUT2D eigenvalue weighted by Crippen LogP contribution is -2.15. The van der Waals surface area contributed by atoms with Crippen LogP contribution in [0.15, 0.2) is 0 Å². The molecule has 0 aromatic heterocycles. The van der Waals surface area contributed by atoms with Crippen molar-refractivity contribution >= 4 is 13.3 Å². The van der Waals surface area contributed by atoms with Gasteiger partial charge in [-0.25, -0.2) is 0 Å². The van der Waals surface area contributed by atoms with Gasteiger partial charge in [0.25, 0.3) is 0 Å². The van der Waals surface area contributed by atoms with Crippen LogP contribution < -0.4 is 0 Å². The maximum absolute atomic E-state index is 11.3. The van der Waals surface area contributed by atoms with Crippen LogP contribution in [0.1, 0.15) is 39.5 Å². The average Bonchev–Trinajstić information content (AvgIpc) is 2.23. The molecule has 0 saturated heterocycles. The normalized spacial score (nSPS) is 13.4. The van der Waals surface area contributed by atoms with Crippen molar-refractivity contribution in [2.75, 3.05) is 26.5 Å². The first-order chi connectivity index (χ1) is 7.85. The molecule has 0 saturated carbocycles. The van der Waals surface area contributed by atoms with E-state index in [2.05, 4.69) is 6.92 Å². The van der Waals surface area contributed by atoms with Gasteiger partial charge in [-0.2, -0.15) is 0 Å². The monoisotopic (exact) mass is 264 g/mol. The van der Waals surface area contributed by atoms with Gasteiger partial charge < -0.3 is 9.26 Å². The van der Waals surface area contributed by atoms with Crippen molar-refractivity contribution in [2.24, 2.45) is 5.92 Å². The summed E-state index contributed by atoms with van der Waals surface area (Å²) in [6.45, 7) is 7.87. The molecule has 0 amide bonds. The van der Waals surface area contributed by atoms with Crippen LogP contribution in [0.5, 0.6) is 0 Å². The van der Waals surface area contributed by atoms with Gasteiger partial charge in [-0.05, 0) is 6.42 Å². The summed E-state index contributed by atoms with van der Waals surface area (Å²) in [6.07, 6.45) is 3.53. The van der Waals surface area contributed by atoms with Crippen molar-refractivity contribution in [2.45, 2.75) is 39.5 Å². The van der Waals surface area contributed by atoms with Crippen LogP contribution in [0.25, 0.3) is 0 Å². The van der Waals surface area contributed by atoms with Crippen molar-refractivity contribution in [3.8, 4) is 0 Å². The van der Waals surface area contributed by atoms with Crippen LogP contribution in [-0.2, 0) is 18.6 Å². The first kappa shape index (κ1) is 16.7. The maximum atomic E-state index is 11.3. The van der Waals surface area contributed by atoms with E-state index < -0.39 is 7.37 Å². The average molecular weight is 264 g/mol. The molecule has 0 aliphatic heterocycles. The molecule has 4 nitrogen and oxygen atoms in total. The summed E-state index contributed by atoms with van der Waals surface area (Å²) in [7, 11) is -2.43. The van der Waals surface area contributed by atoms with Crippen LogP contribution in [0.4, 0.5) is 0 Å². The molecule has 0 aliphatic carbocycles. The van der Waals surface area contributed by atoms with E-state index in [0.29, 0.717) is 19.6 Å². The number of esters is 1. The molecule has 0 heterocycles. The van der Waals surface area contributed by atoms with Gasteiger partial charge in [-0.3, -0.25) is 9.36 Å². The van der Waals surface area contributed by atoms with E-state index in [1.54, 1.807) is 13.3 Å². The Morgan fingerprint density at radius 3 is 2.41 bits per heavy atom. The Labute approximate surface area is 105 Å². The zero-order valence-corrected chi connectivity index (χ0v) is 12.3. The molecule has 0 bridgehead atoms. The van der Waals surface area contributed by atoms with E-state index in [9.17, 15) is 9.36 Å². The van der Waals surface area contributed by atoms with Gasteiger partial charge in [0.2, 0.25) is 0 Å². The van der Waals surface area contributed by atoms with Gasteiger partial charge in [0, 0.05) is 25.7 Å². The molecule has 1 atom stereocenters. The van der Waals surface area contributed by atoms with Crippen molar-refractivity contribution in [3.63, 3.8) is 0 Å². The number of ether oxygens (including phenoxy) is 1. The highest BCUT2D eigenvalue weighted by atomic mass is 31.2. The maximum Gasteiger partial charge on any atom is 0.305 e. The third-order valence-electron chi connectivity index (χ3n) is 2.18. The third-order valence-corrected chi connectivity index (χ3v) is 2.95. The van der Waals surface area contributed by atoms with E-state index in [0.717, 1.165) is 19.3 Å². The summed E-state index contributed by atoms with van der Waals surface area (Å²) < 4.78 is 21.6. The fraction of sp³-hybridized carbons (Fsp3) is 0.917. The molecule has 0 fully saturated rings. The van der Waals surface area contributed by atoms with Gasteiger partial charge in [0.15, 0.2) is 7.37 Å². The van der Waals surface area contributed by atoms with E-state index in [-0.39, 0.29) is 11.9 Å². The zero-order valence-electron chi connectivity index (χ0n) is 11.4. The van der Waals surface area contributed by atoms with E-state index >= 15 is 0 Å². The van der Waals surface area contributed by atoms with Crippen molar-refractivity contribution < 1.29 is 18.6 Å². The molecule has 0 rings (SSSR count). The minimum Gasteiger partial charge on any atom is -0.465 e. The molecule has 102 valence electrons. The summed E-state index contributed by atoms with van der Waals surface area (Å²) in [5.74, 6) is -0.0696. The van der Waals surface area contributed by atoms with Crippen LogP contribution in [0, 0.1) is 5.92 Å². The number of rotatable bonds is 9. The highest BCUT2D eigenvalue weighted by Crippen LogP contribution is 2.37. The number of carbonyl (C=O) groups is 1. The fourth-order valence-corrected chi connectivity index (χ4v) is 1.80. The lowest BCUT2D eigenvalue weighted by atomic mass is 10.2.